The highest BCUT2D eigenvalue weighted by atomic mass is 31.2. The zero-order valence-electron chi connectivity index (χ0n) is 34.6. The minimum atomic E-state index is -4.49. The average Bonchev–Trinajstić information content (AvgIpc) is 3.44. The number of ketones is 1. The molecule has 0 amide bonds. The summed E-state index contributed by atoms with van der Waals surface area (Å²) in [6, 6.07) is 0. The van der Waals surface area contributed by atoms with Crippen molar-refractivity contribution in [1.29, 1.82) is 0 Å². The van der Waals surface area contributed by atoms with E-state index in [0.29, 0.717) is 25.7 Å². The lowest BCUT2D eigenvalue weighted by Gasteiger charge is -2.20. The minimum absolute atomic E-state index is 0.0108. The number of carbonyl (C=O) groups is 3. The van der Waals surface area contributed by atoms with Gasteiger partial charge in [0.2, 0.25) is 0 Å². The molecule has 6 N–H and O–H groups in total. The highest BCUT2D eigenvalue weighted by molar-refractivity contribution is 7.47. The molecular weight excluding hydrogens is 753 g/mol. The summed E-state index contributed by atoms with van der Waals surface area (Å²) in [5.74, 6) is -2.17. The van der Waals surface area contributed by atoms with Crippen LogP contribution >= 0.6 is 7.82 Å². The predicted octanol–water partition coefficient (Wildman–Crippen LogP) is 7.50. The third kappa shape index (κ3) is 27.8. The fraction of sp³-hybridized carbons (Fsp3) is 0.744. The van der Waals surface area contributed by atoms with E-state index in [9.17, 15) is 39.2 Å². The van der Waals surface area contributed by atoms with E-state index >= 15 is 0 Å². The number of esters is 2. The van der Waals surface area contributed by atoms with Crippen LogP contribution in [-0.4, -0.2) is 88.7 Å². The number of carbonyl (C=O) groups excluding carboxylic acids is 3. The summed E-state index contributed by atoms with van der Waals surface area (Å²) in [6.07, 6.45) is 26.3. The van der Waals surface area contributed by atoms with Gasteiger partial charge >= 0.3 is 19.8 Å². The second kappa shape index (κ2) is 33.4. The number of allylic oxidation sites excluding steroid dienone is 6. The first-order valence-electron chi connectivity index (χ1n) is 21.3. The van der Waals surface area contributed by atoms with Crippen molar-refractivity contribution in [2.45, 2.75) is 167 Å². The number of Topliss-reactive ketones (excluding diaryl/α,β-unsaturated/α-hetero) is 1. The molecule has 0 radical (unpaired) electrons. The molecule has 13 nitrogen and oxygen atoms in total. The van der Waals surface area contributed by atoms with Crippen LogP contribution in [0.15, 0.2) is 48.6 Å². The van der Waals surface area contributed by atoms with Crippen molar-refractivity contribution >= 4 is 25.5 Å². The minimum Gasteiger partial charge on any atom is -0.462 e. The number of rotatable bonds is 35. The van der Waals surface area contributed by atoms with E-state index in [1.807, 2.05) is 0 Å². The van der Waals surface area contributed by atoms with E-state index in [-0.39, 0.29) is 57.6 Å². The Morgan fingerprint density at radius 3 is 2.16 bits per heavy atom. The average molecular weight is 828 g/mol. The fourth-order valence-corrected chi connectivity index (χ4v) is 7.23. The summed E-state index contributed by atoms with van der Waals surface area (Å²) in [5.41, 5.74) is 5.33. The van der Waals surface area contributed by atoms with Crippen LogP contribution in [0.2, 0.25) is 0 Å². The lowest BCUT2D eigenvalue weighted by atomic mass is 9.87. The molecule has 0 bridgehead atoms. The van der Waals surface area contributed by atoms with Gasteiger partial charge in [-0.3, -0.25) is 23.4 Å². The molecule has 1 fully saturated rings. The molecule has 1 unspecified atom stereocenters. The number of aliphatic hydroxyl groups is 3. The Balaban J connectivity index is 2.46. The normalized spacial score (nSPS) is 20.8. The largest absolute Gasteiger partial charge is 0.472 e. The van der Waals surface area contributed by atoms with Crippen molar-refractivity contribution < 1.29 is 57.7 Å². The maximum absolute atomic E-state index is 12.8. The molecule has 0 heterocycles. The van der Waals surface area contributed by atoms with E-state index in [1.54, 1.807) is 12.2 Å². The highest BCUT2D eigenvalue weighted by Gasteiger charge is 2.41. The zero-order valence-corrected chi connectivity index (χ0v) is 35.5. The van der Waals surface area contributed by atoms with Gasteiger partial charge in [-0.1, -0.05) is 101 Å². The number of ether oxygens (including phenoxy) is 2. The van der Waals surface area contributed by atoms with E-state index in [0.717, 1.165) is 70.6 Å². The molecule has 0 saturated heterocycles. The molecule has 0 aromatic rings. The van der Waals surface area contributed by atoms with Crippen LogP contribution in [-0.2, 0) is 37.5 Å². The van der Waals surface area contributed by atoms with Gasteiger partial charge in [0, 0.05) is 50.5 Å². The molecule has 1 saturated carbocycles. The van der Waals surface area contributed by atoms with Crippen LogP contribution < -0.4 is 5.73 Å². The van der Waals surface area contributed by atoms with E-state index in [1.165, 1.54) is 0 Å². The number of phosphoric ester groups is 1. The fourth-order valence-electron chi connectivity index (χ4n) is 6.47. The molecule has 7 atom stereocenters. The summed E-state index contributed by atoms with van der Waals surface area (Å²) in [7, 11) is -4.49. The molecule has 0 spiro atoms. The lowest BCUT2D eigenvalue weighted by molar-refractivity contribution is -0.161. The quantitative estimate of drug-likeness (QED) is 0.0182. The number of phosphoric acid groups is 1. The van der Waals surface area contributed by atoms with Crippen molar-refractivity contribution in [2.24, 2.45) is 17.6 Å². The molecule has 0 aliphatic heterocycles. The number of nitrogens with two attached hydrogens (primary N) is 1. The SMILES string of the molecule is CC/C=C\C/C=C\C/C=C\CCCCCCCC(=O)OC[C@H](COP(=O)(O)OCCN)OC(=O)CCCCC(=O)C[C@@H]1[C@@H](/C=C/[C@@H](O)CCCCC)[C@H](O)C[C@@H]1O. The van der Waals surface area contributed by atoms with Gasteiger partial charge in [-0.15, -0.1) is 0 Å². The van der Waals surface area contributed by atoms with Gasteiger partial charge in [0.15, 0.2) is 6.10 Å². The Labute approximate surface area is 341 Å². The van der Waals surface area contributed by atoms with Gasteiger partial charge in [0.25, 0.3) is 0 Å². The highest BCUT2D eigenvalue weighted by Crippen LogP contribution is 2.43. The first kappa shape index (κ1) is 52.5. The maximum Gasteiger partial charge on any atom is 0.472 e. The van der Waals surface area contributed by atoms with E-state index in [4.69, 9.17) is 24.3 Å². The van der Waals surface area contributed by atoms with Crippen LogP contribution in [0.4, 0.5) is 0 Å². The second-order valence-corrected chi connectivity index (χ2v) is 16.2. The Bertz CT molecular complexity index is 1250. The number of hydrogen-bond acceptors (Lipinski definition) is 12. The summed E-state index contributed by atoms with van der Waals surface area (Å²) in [4.78, 5) is 47.9. The van der Waals surface area contributed by atoms with Crippen molar-refractivity contribution in [2.75, 3.05) is 26.4 Å². The summed E-state index contributed by atoms with van der Waals surface area (Å²) < 4.78 is 32.6. The molecule has 0 aromatic heterocycles. The van der Waals surface area contributed by atoms with Crippen LogP contribution in [0.5, 0.6) is 0 Å². The standard InChI is InChI=1S/C43H74NO12P/c1-3-5-7-8-9-10-11-12-13-14-15-16-17-18-20-25-42(49)53-33-37(34-55-57(51,52)54-30-29-44)56-43(50)26-22-21-24-36(46)31-39-38(40(47)32-41(39)48)28-27-35(45)23-19-6-4-2/h5,7,9-10,12-13,27-28,35,37-41,45,47-48H,3-4,6,8,11,14-26,29-34,44H2,1-2H3,(H,51,52)/b7-5-,10-9-,13-12-,28-27+/t35-,37+,38+,39+,40+,41-/m0/s1. The van der Waals surface area contributed by atoms with Gasteiger partial charge in [-0.2, -0.15) is 0 Å². The van der Waals surface area contributed by atoms with Crippen LogP contribution in [0.1, 0.15) is 142 Å². The number of aliphatic hydroxyl groups excluding tert-OH is 3. The molecule has 1 rings (SSSR count). The van der Waals surface area contributed by atoms with Crippen LogP contribution in [0.25, 0.3) is 0 Å². The number of hydrogen-bond donors (Lipinski definition) is 5. The van der Waals surface area contributed by atoms with Gasteiger partial charge < -0.3 is 35.4 Å². The van der Waals surface area contributed by atoms with Gasteiger partial charge in [-0.25, -0.2) is 4.57 Å². The van der Waals surface area contributed by atoms with Gasteiger partial charge in [-0.05, 0) is 57.8 Å². The van der Waals surface area contributed by atoms with Gasteiger partial charge in [0.1, 0.15) is 12.4 Å². The van der Waals surface area contributed by atoms with Crippen molar-refractivity contribution in [3.8, 4) is 0 Å². The summed E-state index contributed by atoms with van der Waals surface area (Å²) in [6.45, 7) is 3.03. The maximum atomic E-state index is 12.8. The summed E-state index contributed by atoms with van der Waals surface area (Å²) >= 11 is 0. The first-order chi connectivity index (χ1) is 27.4. The molecular formula is C43H74NO12P. The molecule has 14 heteroatoms. The van der Waals surface area contributed by atoms with Crippen molar-refractivity contribution in [3.63, 3.8) is 0 Å². The third-order valence-electron chi connectivity index (χ3n) is 9.68. The second-order valence-electron chi connectivity index (χ2n) is 14.8. The Morgan fingerprint density at radius 1 is 0.789 bits per heavy atom. The predicted molar refractivity (Wildman–Crippen MR) is 222 cm³/mol. The third-order valence-corrected chi connectivity index (χ3v) is 10.7. The molecule has 0 aromatic carbocycles. The Hall–Kier alpha value is -2.48. The number of unbranched alkanes of at least 4 members (excludes halogenated alkanes) is 8. The molecule has 1 aliphatic rings. The van der Waals surface area contributed by atoms with E-state index in [2.05, 4.69) is 50.3 Å². The Kier molecular flexibility index (Phi) is 30.8. The molecule has 328 valence electrons. The van der Waals surface area contributed by atoms with Crippen molar-refractivity contribution in [1.82, 2.24) is 0 Å². The molecule has 1 aliphatic carbocycles. The monoisotopic (exact) mass is 827 g/mol. The first-order valence-corrected chi connectivity index (χ1v) is 22.8. The topological polar surface area (TPSA) is 212 Å². The van der Waals surface area contributed by atoms with Crippen LogP contribution in [0.3, 0.4) is 0 Å². The molecule has 57 heavy (non-hydrogen) atoms. The summed E-state index contributed by atoms with van der Waals surface area (Å²) in [5, 5.41) is 31.3. The van der Waals surface area contributed by atoms with Crippen molar-refractivity contribution in [3.05, 3.63) is 48.6 Å². The van der Waals surface area contributed by atoms with E-state index < -0.39 is 62.6 Å². The smallest absolute Gasteiger partial charge is 0.462 e. The van der Waals surface area contributed by atoms with Gasteiger partial charge in [0.05, 0.1) is 31.5 Å². The lowest BCUT2D eigenvalue weighted by Crippen LogP contribution is -2.29. The Morgan fingerprint density at radius 2 is 1.44 bits per heavy atom. The van der Waals surface area contributed by atoms with Crippen LogP contribution in [0, 0.1) is 11.8 Å². The zero-order chi connectivity index (χ0) is 42.2.